The van der Waals surface area contributed by atoms with Crippen LogP contribution in [0.1, 0.15) is 54.4 Å². The highest BCUT2D eigenvalue weighted by molar-refractivity contribution is 6.03. The fraction of sp³-hybridized carbons (Fsp3) is 0.762. The molecule has 12 nitrogen and oxygen atoms in total. The second-order valence-electron chi connectivity index (χ2n) is 9.34. The molecule has 0 radical (unpaired) electrons. The van der Waals surface area contributed by atoms with Crippen molar-refractivity contribution in [1.29, 1.82) is 5.41 Å². The fourth-order valence-electron chi connectivity index (χ4n) is 3.20. The maximum atomic E-state index is 13.5. The van der Waals surface area contributed by atoms with Gasteiger partial charge in [0, 0.05) is 12.1 Å². The third kappa shape index (κ3) is 8.97. The summed E-state index contributed by atoms with van der Waals surface area (Å²) >= 11 is 0. The molecule has 0 rings (SSSR count). The number of hydrogen-bond acceptors (Lipinski definition) is 8. The van der Waals surface area contributed by atoms with Gasteiger partial charge in [-0.15, -0.1) is 0 Å². The van der Waals surface area contributed by atoms with E-state index in [1.165, 1.54) is 6.92 Å². The number of nitrogens with two attached hydrogens (primary N) is 2. The molecule has 12 heteroatoms. The maximum absolute atomic E-state index is 13.5. The van der Waals surface area contributed by atoms with Gasteiger partial charge >= 0.3 is 5.97 Å². The minimum Gasteiger partial charge on any atom is -0.463 e. The van der Waals surface area contributed by atoms with Crippen LogP contribution in [-0.2, 0) is 23.9 Å². The van der Waals surface area contributed by atoms with E-state index in [0.717, 1.165) is 4.90 Å². The van der Waals surface area contributed by atoms with E-state index in [1.807, 2.05) is 13.8 Å². The summed E-state index contributed by atoms with van der Waals surface area (Å²) in [6.45, 7) is 9.65. The van der Waals surface area contributed by atoms with Gasteiger partial charge in [-0.05, 0) is 46.5 Å². The third-order valence-electron chi connectivity index (χ3n) is 4.70. The van der Waals surface area contributed by atoms with E-state index in [9.17, 15) is 19.2 Å². The van der Waals surface area contributed by atoms with Crippen LogP contribution >= 0.6 is 0 Å². The van der Waals surface area contributed by atoms with E-state index in [4.69, 9.17) is 26.7 Å². The number of esters is 1. The first-order valence-electron chi connectivity index (χ1n) is 10.9. The molecule has 0 aliphatic rings. The monoisotopic (exact) mass is 472 g/mol. The van der Waals surface area contributed by atoms with Crippen molar-refractivity contribution in [3.63, 3.8) is 0 Å². The lowest BCUT2D eigenvalue weighted by molar-refractivity contribution is -0.173. The number of aliphatic hydroxyl groups is 1. The molecule has 0 saturated carbocycles. The Bertz CT molecular complexity index is 708. The minimum atomic E-state index is -1.99. The predicted molar refractivity (Wildman–Crippen MR) is 123 cm³/mol. The highest BCUT2D eigenvalue weighted by Crippen LogP contribution is 2.31. The van der Waals surface area contributed by atoms with Gasteiger partial charge in [0.2, 0.25) is 11.8 Å². The summed E-state index contributed by atoms with van der Waals surface area (Å²) < 4.78 is 5.39. The van der Waals surface area contributed by atoms with Crippen LogP contribution in [0, 0.1) is 11.3 Å². The first kappa shape index (κ1) is 30.3. The highest BCUT2D eigenvalue weighted by atomic mass is 16.5. The van der Waals surface area contributed by atoms with Gasteiger partial charge in [-0.25, -0.2) is 4.79 Å². The number of nitrogens with one attached hydrogen (secondary N) is 3. The summed E-state index contributed by atoms with van der Waals surface area (Å²) in [6.07, 6.45) is 0.499. The standard InChI is InChI=1S/C21H40N6O6/c1-13(2)11-33-18(32)21(12-29,8-7-9-25-19(23)24)27(20(4,5)6)17(31)14(3)26-16(30)15(22)10-28/h12-15,28H,7-11,22H2,1-6H3,(H,26,30)(H4,23,24,25)/t14-,15+,21-/m0/s1. The smallest absolute Gasteiger partial charge is 0.339 e. The molecule has 0 aliphatic carbocycles. The van der Waals surface area contributed by atoms with E-state index in [1.54, 1.807) is 20.8 Å². The Hall–Kier alpha value is -2.73. The molecule has 0 saturated heterocycles. The van der Waals surface area contributed by atoms with E-state index < -0.39 is 47.6 Å². The normalized spacial score (nSPS) is 15.1. The summed E-state index contributed by atoms with van der Waals surface area (Å²) in [4.78, 5) is 52.5. The van der Waals surface area contributed by atoms with Gasteiger partial charge in [0.1, 0.15) is 12.1 Å². The maximum Gasteiger partial charge on any atom is 0.339 e. The Morgan fingerprint density at radius 2 is 1.79 bits per heavy atom. The molecule has 0 heterocycles. The number of aldehydes is 1. The number of carbonyl (C=O) groups excluding carboxylic acids is 4. The van der Waals surface area contributed by atoms with E-state index >= 15 is 0 Å². The SMILES string of the molecule is CC(C)COC(=O)[C@@](C=O)(CCCNC(=N)N)N(C(=O)[C@H](C)NC(=O)[C@H](N)CO)C(C)(C)C. The lowest BCUT2D eigenvalue weighted by Crippen LogP contribution is -2.68. The average Bonchev–Trinajstić information content (AvgIpc) is 2.71. The van der Waals surface area contributed by atoms with E-state index in [-0.39, 0.29) is 37.9 Å². The number of hydrogen-bond donors (Lipinski definition) is 6. The average molecular weight is 473 g/mol. The lowest BCUT2D eigenvalue weighted by atomic mass is 9.86. The summed E-state index contributed by atoms with van der Waals surface area (Å²) in [5.74, 6) is -2.61. The molecule has 2 amide bonds. The molecule has 0 aromatic heterocycles. The first-order chi connectivity index (χ1) is 15.1. The van der Waals surface area contributed by atoms with Gasteiger partial charge in [-0.2, -0.15) is 0 Å². The van der Waals surface area contributed by atoms with Crippen molar-refractivity contribution in [2.75, 3.05) is 19.8 Å². The van der Waals surface area contributed by atoms with Crippen molar-refractivity contribution < 1.29 is 29.0 Å². The van der Waals surface area contributed by atoms with Gasteiger partial charge in [-0.3, -0.25) is 15.0 Å². The van der Waals surface area contributed by atoms with Crippen LogP contribution in [0.25, 0.3) is 0 Å². The molecular formula is C21H40N6O6. The molecule has 0 aliphatic heterocycles. The number of carbonyl (C=O) groups is 4. The van der Waals surface area contributed by atoms with Crippen LogP contribution in [0.5, 0.6) is 0 Å². The fourth-order valence-corrected chi connectivity index (χ4v) is 3.20. The van der Waals surface area contributed by atoms with Crippen molar-refractivity contribution in [3.05, 3.63) is 0 Å². The Morgan fingerprint density at radius 1 is 1.21 bits per heavy atom. The van der Waals surface area contributed by atoms with Crippen molar-refractivity contribution in [1.82, 2.24) is 15.5 Å². The molecule has 0 bridgehead atoms. The Kier molecular flexibility index (Phi) is 12.0. The van der Waals surface area contributed by atoms with Gasteiger partial charge in [0.15, 0.2) is 17.8 Å². The van der Waals surface area contributed by atoms with Crippen molar-refractivity contribution >= 4 is 30.0 Å². The second-order valence-corrected chi connectivity index (χ2v) is 9.34. The molecule has 3 atom stereocenters. The van der Waals surface area contributed by atoms with Crippen LogP contribution in [-0.4, -0.2) is 83.0 Å². The molecule has 190 valence electrons. The van der Waals surface area contributed by atoms with Crippen molar-refractivity contribution in [2.45, 2.75) is 77.5 Å². The summed E-state index contributed by atoms with van der Waals surface area (Å²) in [6, 6.07) is -2.38. The van der Waals surface area contributed by atoms with Crippen LogP contribution < -0.4 is 22.1 Å². The van der Waals surface area contributed by atoms with Crippen LogP contribution in [0.2, 0.25) is 0 Å². The van der Waals surface area contributed by atoms with Crippen LogP contribution in [0.15, 0.2) is 0 Å². The minimum absolute atomic E-state index is 0.00495. The Labute approximate surface area is 195 Å². The number of amides is 2. The number of aliphatic hydroxyl groups excluding tert-OH is 1. The predicted octanol–water partition coefficient (Wildman–Crippen LogP) is -1.16. The molecule has 0 aromatic rings. The number of ether oxygens (including phenoxy) is 1. The summed E-state index contributed by atoms with van der Waals surface area (Å²) in [5.41, 5.74) is 7.79. The van der Waals surface area contributed by atoms with E-state index in [0.29, 0.717) is 6.29 Å². The zero-order valence-electron chi connectivity index (χ0n) is 20.4. The molecule has 33 heavy (non-hydrogen) atoms. The Balaban J connectivity index is 6.23. The highest BCUT2D eigenvalue weighted by Gasteiger charge is 2.52. The van der Waals surface area contributed by atoms with Crippen LogP contribution in [0.3, 0.4) is 0 Å². The molecular weight excluding hydrogens is 432 g/mol. The summed E-state index contributed by atoms with van der Waals surface area (Å²) in [5, 5.41) is 21.4. The summed E-state index contributed by atoms with van der Waals surface area (Å²) in [7, 11) is 0. The van der Waals surface area contributed by atoms with Gasteiger partial charge < -0.3 is 41.6 Å². The Morgan fingerprint density at radius 3 is 2.21 bits per heavy atom. The van der Waals surface area contributed by atoms with E-state index in [2.05, 4.69) is 10.6 Å². The van der Waals surface area contributed by atoms with Gasteiger partial charge in [-0.1, -0.05) is 13.8 Å². The molecule has 0 fully saturated rings. The first-order valence-corrected chi connectivity index (χ1v) is 10.9. The number of guanidine groups is 1. The zero-order chi connectivity index (χ0) is 26.0. The van der Waals surface area contributed by atoms with Crippen molar-refractivity contribution in [2.24, 2.45) is 17.4 Å². The second kappa shape index (κ2) is 13.1. The molecule has 0 unspecified atom stereocenters. The lowest BCUT2D eigenvalue weighted by Gasteiger charge is -2.47. The van der Waals surface area contributed by atoms with Gasteiger partial charge in [0.25, 0.3) is 0 Å². The largest absolute Gasteiger partial charge is 0.463 e. The topological polar surface area (TPSA) is 201 Å². The van der Waals surface area contributed by atoms with Crippen molar-refractivity contribution in [3.8, 4) is 0 Å². The quantitative estimate of drug-likeness (QED) is 0.0477. The third-order valence-corrected chi connectivity index (χ3v) is 4.70. The molecule has 8 N–H and O–H groups in total. The number of rotatable bonds is 13. The molecule has 0 aromatic carbocycles. The van der Waals surface area contributed by atoms with Crippen LogP contribution in [0.4, 0.5) is 0 Å². The van der Waals surface area contributed by atoms with Gasteiger partial charge in [0.05, 0.1) is 13.2 Å². The number of nitrogens with zero attached hydrogens (tertiary/aromatic N) is 1. The zero-order valence-corrected chi connectivity index (χ0v) is 20.4. The molecule has 0 spiro atoms.